The third kappa shape index (κ3) is 4.25. The Morgan fingerprint density at radius 3 is 2.38 bits per heavy atom. The van der Waals surface area contributed by atoms with Crippen molar-refractivity contribution in [2.24, 2.45) is 46.3 Å². The van der Waals surface area contributed by atoms with Gasteiger partial charge in [-0.25, -0.2) is 4.18 Å². The fraction of sp³-hybridized carbons (Fsp3) is 0.958. The molecule has 0 aliphatic heterocycles. The lowest BCUT2D eigenvalue weighted by molar-refractivity contribution is -0.172. The molecule has 0 saturated heterocycles. The average molecular weight is 473 g/mol. The van der Waals surface area contributed by atoms with Gasteiger partial charge in [0.05, 0.1) is 12.2 Å². The molecule has 0 aromatic rings. The first-order valence-corrected chi connectivity index (χ1v) is 13.8. The van der Waals surface area contributed by atoms with Crippen LogP contribution in [0.25, 0.3) is 0 Å². The Balaban J connectivity index is 1.52. The minimum Gasteiger partial charge on any atom is -0.481 e. The van der Waals surface area contributed by atoms with Crippen LogP contribution >= 0.6 is 0 Å². The highest BCUT2D eigenvalue weighted by atomic mass is 32.3. The molecule has 10 atom stereocenters. The van der Waals surface area contributed by atoms with Gasteiger partial charge in [-0.2, -0.15) is 8.42 Å². The number of aliphatic hydroxyl groups excluding tert-OH is 1. The number of hydrogen-bond acceptors (Lipinski definition) is 5. The molecule has 4 aliphatic rings. The van der Waals surface area contributed by atoms with Crippen LogP contribution in [-0.4, -0.2) is 41.4 Å². The predicted molar refractivity (Wildman–Crippen MR) is 119 cm³/mol. The zero-order chi connectivity index (χ0) is 23.5. The zero-order valence-corrected chi connectivity index (χ0v) is 20.4. The summed E-state index contributed by atoms with van der Waals surface area (Å²) in [7, 11) is -4.46. The van der Waals surface area contributed by atoms with Crippen LogP contribution in [-0.2, 0) is 19.4 Å². The summed E-state index contributed by atoms with van der Waals surface area (Å²) >= 11 is 0. The van der Waals surface area contributed by atoms with Gasteiger partial charge in [0.2, 0.25) is 0 Å². The normalized spacial score (nSPS) is 47.2. The molecule has 7 nitrogen and oxygen atoms in total. The van der Waals surface area contributed by atoms with E-state index >= 15 is 0 Å². The largest absolute Gasteiger partial charge is 0.481 e. The molecular formula is C24H40O7S. The van der Waals surface area contributed by atoms with Gasteiger partial charge in [-0.05, 0) is 104 Å². The summed E-state index contributed by atoms with van der Waals surface area (Å²) in [5.41, 5.74) is 0.200. The van der Waals surface area contributed by atoms with Crippen LogP contribution in [0.3, 0.4) is 0 Å². The molecule has 4 rings (SSSR count). The van der Waals surface area contributed by atoms with Gasteiger partial charge >= 0.3 is 16.4 Å². The average Bonchev–Trinajstić information content (AvgIpc) is 3.03. The predicted octanol–water partition coefficient (Wildman–Crippen LogP) is 4.31. The van der Waals surface area contributed by atoms with E-state index in [0.717, 1.165) is 32.1 Å². The molecule has 0 aromatic heterocycles. The fourth-order valence-corrected chi connectivity index (χ4v) is 9.49. The van der Waals surface area contributed by atoms with Gasteiger partial charge in [0.15, 0.2) is 0 Å². The van der Waals surface area contributed by atoms with Gasteiger partial charge in [0.25, 0.3) is 0 Å². The Morgan fingerprint density at radius 2 is 1.72 bits per heavy atom. The summed E-state index contributed by atoms with van der Waals surface area (Å²) in [6, 6.07) is 0. The molecule has 3 N–H and O–H groups in total. The second-order valence-electron chi connectivity index (χ2n) is 11.9. The summed E-state index contributed by atoms with van der Waals surface area (Å²) in [4.78, 5) is 11.1. The lowest BCUT2D eigenvalue weighted by atomic mass is 9.43. The van der Waals surface area contributed by atoms with Crippen molar-refractivity contribution in [3.63, 3.8) is 0 Å². The number of carboxylic acids is 1. The summed E-state index contributed by atoms with van der Waals surface area (Å²) in [5.74, 6) is 1.46. The van der Waals surface area contributed by atoms with E-state index in [4.69, 9.17) is 13.8 Å². The van der Waals surface area contributed by atoms with Crippen LogP contribution in [0.2, 0.25) is 0 Å². The number of rotatable bonds is 6. The number of carbonyl (C=O) groups is 1. The zero-order valence-electron chi connectivity index (χ0n) is 19.6. The topological polar surface area (TPSA) is 121 Å². The van der Waals surface area contributed by atoms with E-state index < -0.39 is 28.6 Å². The monoisotopic (exact) mass is 472 g/mol. The summed E-state index contributed by atoms with van der Waals surface area (Å²) in [5, 5.41) is 20.5. The van der Waals surface area contributed by atoms with Gasteiger partial charge in [-0.15, -0.1) is 0 Å². The Labute approximate surface area is 192 Å². The van der Waals surface area contributed by atoms with E-state index in [9.17, 15) is 18.3 Å². The van der Waals surface area contributed by atoms with E-state index in [2.05, 4.69) is 20.8 Å². The van der Waals surface area contributed by atoms with E-state index in [1.54, 1.807) is 0 Å². The van der Waals surface area contributed by atoms with Crippen LogP contribution in [0.15, 0.2) is 0 Å². The molecule has 32 heavy (non-hydrogen) atoms. The van der Waals surface area contributed by atoms with Crippen molar-refractivity contribution in [3.05, 3.63) is 0 Å². The molecule has 0 amide bonds. The molecule has 8 heteroatoms. The Bertz CT molecular complexity index is 828. The Kier molecular flexibility index (Phi) is 6.49. The summed E-state index contributed by atoms with van der Waals surface area (Å²) in [6.45, 7) is 6.93. The van der Waals surface area contributed by atoms with Crippen LogP contribution < -0.4 is 0 Å². The standard InChI is InChI=1S/C24H40O7S/c1-14(4-7-21(26)27)17-5-6-18-22-19(9-11-24(17,18)3)23(2)10-8-16(31-32(28,29)30)12-15(23)13-20(22)25/h14-20,22,25H,4-13H2,1-3H3,(H,26,27)(H,28,29,30)/t14-,15?,16+,17-,18+,19+,20+,22+,23+,24-/m1/s1. The quantitative estimate of drug-likeness (QED) is 0.493. The van der Waals surface area contributed by atoms with Crippen molar-refractivity contribution in [3.8, 4) is 0 Å². The van der Waals surface area contributed by atoms with Gasteiger partial charge in [-0.3, -0.25) is 9.35 Å². The minimum absolute atomic E-state index is 0.0529. The molecule has 1 unspecified atom stereocenters. The number of aliphatic carboxylic acids is 1. The van der Waals surface area contributed by atoms with Crippen LogP contribution in [0.4, 0.5) is 0 Å². The van der Waals surface area contributed by atoms with Crippen LogP contribution in [0, 0.1) is 46.3 Å². The highest BCUT2D eigenvalue weighted by Crippen LogP contribution is 2.68. The first-order chi connectivity index (χ1) is 14.8. The van der Waals surface area contributed by atoms with Crippen LogP contribution in [0.1, 0.15) is 85.0 Å². The van der Waals surface area contributed by atoms with Gasteiger partial charge in [0, 0.05) is 6.42 Å². The Morgan fingerprint density at radius 1 is 1.06 bits per heavy atom. The first-order valence-electron chi connectivity index (χ1n) is 12.4. The van der Waals surface area contributed by atoms with Crippen LogP contribution in [0.5, 0.6) is 0 Å². The fourth-order valence-electron chi connectivity index (χ4n) is 8.97. The molecule has 0 spiro atoms. The molecular weight excluding hydrogens is 432 g/mol. The van der Waals surface area contributed by atoms with Crippen molar-refractivity contribution in [2.45, 2.75) is 97.2 Å². The maximum Gasteiger partial charge on any atom is 0.397 e. The van der Waals surface area contributed by atoms with Gasteiger partial charge < -0.3 is 10.2 Å². The number of fused-ring (bicyclic) bond motifs is 5. The maximum atomic E-state index is 11.4. The van der Waals surface area contributed by atoms with Gasteiger partial charge in [0.1, 0.15) is 0 Å². The first kappa shape index (κ1) is 24.4. The molecule has 4 saturated carbocycles. The number of aliphatic hydroxyl groups is 1. The van der Waals surface area contributed by atoms with Gasteiger partial charge in [-0.1, -0.05) is 20.8 Å². The maximum absolute atomic E-state index is 11.4. The SMILES string of the molecule is C[C@H](CCC(=O)O)[C@H]1CC[C@H]2[C@@H]3[C@@H](O)CC4C[C@@H](OS(=O)(=O)O)CC[C@]4(C)[C@H]3CC[C@]12C. The van der Waals surface area contributed by atoms with Crippen molar-refractivity contribution < 1.29 is 32.2 Å². The molecule has 184 valence electrons. The highest BCUT2D eigenvalue weighted by molar-refractivity contribution is 7.80. The van der Waals surface area contributed by atoms with Crippen molar-refractivity contribution in [1.29, 1.82) is 0 Å². The van der Waals surface area contributed by atoms with Crippen molar-refractivity contribution in [1.82, 2.24) is 0 Å². The Hall–Kier alpha value is -0.700. The minimum atomic E-state index is -4.46. The molecule has 0 radical (unpaired) electrons. The lowest BCUT2D eigenvalue weighted by Crippen LogP contribution is -2.58. The molecule has 0 heterocycles. The number of carboxylic acid groups (broad SMARTS) is 1. The summed E-state index contributed by atoms with van der Waals surface area (Å²) in [6.07, 6.45) is 7.11. The molecule has 4 fully saturated rings. The second kappa shape index (κ2) is 8.51. The van der Waals surface area contributed by atoms with E-state index in [-0.39, 0.29) is 29.1 Å². The third-order valence-electron chi connectivity index (χ3n) is 10.5. The van der Waals surface area contributed by atoms with E-state index in [0.29, 0.717) is 49.4 Å². The highest BCUT2D eigenvalue weighted by Gasteiger charge is 2.63. The number of hydrogen-bond donors (Lipinski definition) is 3. The molecule has 4 aliphatic carbocycles. The third-order valence-corrected chi connectivity index (χ3v) is 11.0. The van der Waals surface area contributed by atoms with Crippen molar-refractivity contribution in [2.75, 3.05) is 0 Å². The second-order valence-corrected chi connectivity index (χ2v) is 12.9. The smallest absolute Gasteiger partial charge is 0.397 e. The lowest BCUT2D eigenvalue weighted by Gasteiger charge is -2.62. The molecule has 0 bridgehead atoms. The van der Waals surface area contributed by atoms with Crippen molar-refractivity contribution >= 4 is 16.4 Å². The van der Waals surface area contributed by atoms with E-state index in [1.165, 1.54) is 0 Å². The molecule has 0 aromatic carbocycles. The van der Waals surface area contributed by atoms with E-state index in [1.807, 2.05) is 0 Å². The summed E-state index contributed by atoms with van der Waals surface area (Å²) < 4.78 is 36.4.